The van der Waals surface area contributed by atoms with Crippen LogP contribution in [0.15, 0.2) is 0 Å². The highest BCUT2D eigenvalue weighted by Crippen LogP contribution is 2.12. The minimum Gasteiger partial charge on any atom is -0.377 e. The first-order valence-corrected chi connectivity index (χ1v) is 5.19. The third kappa shape index (κ3) is 3.11. The summed E-state index contributed by atoms with van der Waals surface area (Å²) in [5, 5.41) is 3.54. The zero-order chi connectivity index (χ0) is 8.81. The molecule has 1 aliphatic rings. The van der Waals surface area contributed by atoms with Crippen molar-refractivity contribution in [3.63, 3.8) is 0 Å². The van der Waals surface area contributed by atoms with Gasteiger partial charge in [0.2, 0.25) is 0 Å². The van der Waals surface area contributed by atoms with Gasteiger partial charge in [-0.2, -0.15) is 0 Å². The molecule has 1 aliphatic heterocycles. The summed E-state index contributed by atoms with van der Waals surface area (Å²) in [4.78, 5) is 0. The Morgan fingerprint density at radius 2 is 2.25 bits per heavy atom. The van der Waals surface area contributed by atoms with Crippen LogP contribution in [0, 0.1) is 0 Å². The molecular weight excluding hydrogens is 150 g/mol. The first-order valence-electron chi connectivity index (χ1n) is 5.19. The summed E-state index contributed by atoms with van der Waals surface area (Å²) in [5.74, 6) is 0. The summed E-state index contributed by atoms with van der Waals surface area (Å²) >= 11 is 0. The monoisotopic (exact) mass is 171 g/mol. The number of unbranched alkanes of at least 4 members (excludes halogenated alkanes) is 2. The zero-order valence-corrected chi connectivity index (χ0v) is 8.31. The van der Waals surface area contributed by atoms with Crippen LogP contribution in [0.5, 0.6) is 0 Å². The van der Waals surface area contributed by atoms with E-state index in [1.165, 1.54) is 25.7 Å². The second kappa shape index (κ2) is 5.55. The third-order valence-corrected chi connectivity index (χ3v) is 2.56. The molecule has 1 heterocycles. The highest BCUT2D eigenvalue weighted by molar-refractivity contribution is 4.78. The molecule has 1 fully saturated rings. The predicted molar refractivity (Wildman–Crippen MR) is 51.3 cm³/mol. The fraction of sp³-hybridized carbons (Fsp3) is 1.00. The maximum Gasteiger partial charge on any atom is 0.0700 e. The van der Waals surface area contributed by atoms with E-state index in [9.17, 15) is 0 Å². The molecule has 1 rings (SSSR count). The van der Waals surface area contributed by atoms with Gasteiger partial charge in [0.05, 0.1) is 6.10 Å². The van der Waals surface area contributed by atoms with Gasteiger partial charge in [-0.3, -0.25) is 0 Å². The molecule has 0 aromatic carbocycles. The van der Waals surface area contributed by atoms with Crippen molar-refractivity contribution in [3.8, 4) is 0 Å². The highest BCUT2D eigenvalue weighted by Gasteiger charge is 2.22. The summed E-state index contributed by atoms with van der Waals surface area (Å²) in [6.45, 7) is 6.49. The molecular formula is C10H21NO. The van der Waals surface area contributed by atoms with Gasteiger partial charge >= 0.3 is 0 Å². The minimum absolute atomic E-state index is 0.423. The Morgan fingerprint density at radius 3 is 2.83 bits per heavy atom. The van der Waals surface area contributed by atoms with Gasteiger partial charge in [-0.15, -0.1) is 0 Å². The first-order chi connectivity index (χ1) is 5.84. The van der Waals surface area contributed by atoms with Crippen molar-refractivity contribution in [2.24, 2.45) is 0 Å². The zero-order valence-electron chi connectivity index (χ0n) is 8.31. The first kappa shape index (κ1) is 10.0. The fourth-order valence-electron chi connectivity index (χ4n) is 1.66. The van der Waals surface area contributed by atoms with Crippen LogP contribution in [0.2, 0.25) is 0 Å². The van der Waals surface area contributed by atoms with E-state index in [1.807, 2.05) is 0 Å². The Hall–Kier alpha value is -0.0800. The Balaban J connectivity index is 1.98. The average Bonchev–Trinajstić information content (AvgIpc) is 2.46. The van der Waals surface area contributed by atoms with Gasteiger partial charge in [0.15, 0.2) is 0 Å². The molecule has 0 aromatic heterocycles. The topological polar surface area (TPSA) is 21.3 Å². The van der Waals surface area contributed by atoms with E-state index in [4.69, 9.17) is 4.74 Å². The molecule has 72 valence electrons. The van der Waals surface area contributed by atoms with Crippen LogP contribution in [0.1, 0.15) is 39.5 Å². The van der Waals surface area contributed by atoms with Crippen molar-refractivity contribution >= 4 is 0 Å². The van der Waals surface area contributed by atoms with Crippen LogP contribution >= 0.6 is 0 Å². The Labute approximate surface area is 75.7 Å². The van der Waals surface area contributed by atoms with E-state index in [0.717, 1.165) is 13.2 Å². The minimum atomic E-state index is 0.423. The van der Waals surface area contributed by atoms with Gasteiger partial charge in [-0.05, 0) is 26.3 Å². The van der Waals surface area contributed by atoms with Crippen molar-refractivity contribution in [1.29, 1.82) is 0 Å². The van der Waals surface area contributed by atoms with Crippen LogP contribution < -0.4 is 5.32 Å². The number of nitrogens with one attached hydrogen (secondary N) is 1. The molecule has 1 N–H and O–H groups in total. The van der Waals surface area contributed by atoms with Crippen LogP contribution in [0.4, 0.5) is 0 Å². The van der Waals surface area contributed by atoms with Crippen LogP contribution in [-0.2, 0) is 4.74 Å². The molecule has 0 aromatic rings. The SMILES string of the molecule is CCCCCNC1CCOC1C. The predicted octanol–water partition coefficient (Wildman–Crippen LogP) is 1.94. The second-order valence-electron chi connectivity index (χ2n) is 3.63. The van der Waals surface area contributed by atoms with Crippen molar-refractivity contribution in [3.05, 3.63) is 0 Å². The lowest BCUT2D eigenvalue weighted by Gasteiger charge is -2.15. The molecule has 2 atom stereocenters. The third-order valence-electron chi connectivity index (χ3n) is 2.56. The lowest BCUT2D eigenvalue weighted by molar-refractivity contribution is 0.113. The second-order valence-corrected chi connectivity index (χ2v) is 3.63. The van der Waals surface area contributed by atoms with Crippen LogP contribution in [-0.4, -0.2) is 25.3 Å². The van der Waals surface area contributed by atoms with Gasteiger partial charge in [0, 0.05) is 12.6 Å². The van der Waals surface area contributed by atoms with Crippen molar-refractivity contribution in [2.45, 2.75) is 51.7 Å². The van der Waals surface area contributed by atoms with Crippen LogP contribution in [0.3, 0.4) is 0 Å². The number of hydrogen-bond donors (Lipinski definition) is 1. The maximum atomic E-state index is 5.46. The molecule has 0 spiro atoms. The van der Waals surface area contributed by atoms with E-state index >= 15 is 0 Å². The molecule has 1 saturated heterocycles. The molecule has 0 radical (unpaired) electrons. The summed E-state index contributed by atoms with van der Waals surface area (Å²) in [6.07, 6.45) is 5.56. The lowest BCUT2D eigenvalue weighted by Crippen LogP contribution is -2.35. The maximum absolute atomic E-state index is 5.46. The van der Waals surface area contributed by atoms with Gasteiger partial charge < -0.3 is 10.1 Å². The Morgan fingerprint density at radius 1 is 1.42 bits per heavy atom. The smallest absolute Gasteiger partial charge is 0.0700 e. The van der Waals surface area contributed by atoms with E-state index < -0.39 is 0 Å². The summed E-state index contributed by atoms with van der Waals surface area (Å²) < 4.78 is 5.46. The molecule has 2 nitrogen and oxygen atoms in total. The number of rotatable bonds is 5. The van der Waals surface area contributed by atoms with Gasteiger partial charge in [0.1, 0.15) is 0 Å². The average molecular weight is 171 g/mol. The summed E-state index contributed by atoms with van der Waals surface area (Å²) in [7, 11) is 0. The largest absolute Gasteiger partial charge is 0.377 e. The van der Waals surface area contributed by atoms with E-state index in [-0.39, 0.29) is 0 Å². The summed E-state index contributed by atoms with van der Waals surface area (Å²) in [6, 6.07) is 0.613. The van der Waals surface area contributed by atoms with Gasteiger partial charge in [-0.1, -0.05) is 19.8 Å². The number of hydrogen-bond acceptors (Lipinski definition) is 2. The number of ether oxygens (including phenoxy) is 1. The van der Waals surface area contributed by atoms with Crippen molar-refractivity contribution in [2.75, 3.05) is 13.2 Å². The normalized spacial score (nSPS) is 29.5. The Bertz CT molecular complexity index is 116. The van der Waals surface area contributed by atoms with Crippen molar-refractivity contribution < 1.29 is 4.74 Å². The Kier molecular flexibility index (Phi) is 4.62. The molecule has 0 amide bonds. The van der Waals surface area contributed by atoms with E-state index in [2.05, 4.69) is 19.2 Å². The molecule has 2 heteroatoms. The standard InChI is InChI=1S/C10H21NO/c1-3-4-5-7-11-10-6-8-12-9(10)2/h9-11H,3-8H2,1-2H3. The molecule has 0 saturated carbocycles. The van der Waals surface area contributed by atoms with E-state index in [1.54, 1.807) is 0 Å². The van der Waals surface area contributed by atoms with Gasteiger partial charge in [0.25, 0.3) is 0 Å². The van der Waals surface area contributed by atoms with E-state index in [0.29, 0.717) is 12.1 Å². The fourth-order valence-corrected chi connectivity index (χ4v) is 1.66. The highest BCUT2D eigenvalue weighted by atomic mass is 16.5. The summed E-state index contributed by atoms with van der Waals surface area (Å²) in [5.41, 5.74) is 0. The molecule has 0 bridgehead atoms. The molecule has 0 aliphatic carbocycles. The van der Waals surface area contributed by atoms with Gasteiger partial charge in [-0.25, -0.2) is 0 Å². The molecule has 2 unspecified atom stereocenters. The lowest BCUT2D eigenvalue weighted by atomic mass is 10.1. The van der Waals surface area contributed by atoms with Crippen molar-refractivity contribution in [1.82, 2.24) is 5.32 Å². The molecule has 12 heavy (non-hydrogen) atoms. The van der Waals surface area contributed by atoms with Crippen LogP contribution in [0.25, 0.3) is 0 Å². The quantitative estimate of drug-likeness (QED) is 0.638.